The minimum absolute atomic E-state index is 0.110. The van der Waals surface area contributed by atoms with E-state index in [0.717, 1.165) is 10.9 Å². The summed E-state index contributed by atoms with van der Waals surface area (Å²) in [6.07, 6.45) is 0.934. The molecule has 110 valence electrons. The first-order chi connectivity index (χ1) is 10.1. The lowest BCUT2D eigenvalue weighted by Crippen LogP contribution is -2.20. The van der Waals surface area contributed by atoms with Crippen molar-refractivity contribution in [3.8, 4) is 5.75 Å². The Morgan fingerprint density at radius 1 is 1.24 bits per heavy atom. The number of hydrogen-bond donors (Lipinski definition) is 1. The van der Waals surface area contributed by atoms with Gasteiger partial charge in [-0.2, -0.15) is 0 Å². The molecule has 0 saturated heterocycles. The summed E-state index contributed by atoms with van der Waals surface area (Å²) >= 11 is 3.41. The minimum Gasteiger partial charge on any atom is -0.483 e. The highest BCUT2D eigenvalue weighted by molar-refractivity contribution is 9.10. The van der Waals surface area contributed by atoms with Crippen molar-refractivity contribution in [3.63, 3.8) is 0 Å². The number of benzene rings is 2. The molecule has 2 aromatic carbocycles. The van der Waals surface area contributed by atoms with Gasteiger partial charge in [0.2, 0.25) is 0 Å². The van der Waals surface area contributed by atoms with Gasteiger partial charge in [0, 0.05) is 5.69 Å². The molecule has 0 spiro atoms. The van der Waals surface area contributed by atoms with Gasteiger partial charge >= 0.3 is 0 Å². The lowest BCUT2D eigenvalue weighted by atomic mass is 10.2. The van der Waals surface area contributed by atoms with Crippen LogP contribution in [0, 0.1) is 5.82 Å². The van der Waals surface area contributed by atoms with Gasteiger partial charge in [-0.15, -0.1) is 0 Å². The zero-order chi connectivity index (χ0) is 15.2. The van der Waals surface area contributed by atoms with Crippen molar-refractivity contribution >= 4 is 27.5 Å². The summed E-state index contributed by atoms with van der Waals surface area (Å²) < 4.78 is 19.0. The molecule has 2 rings (SSSR count). The lowest BCUT2D eigenvalue weighted by Gasteiger charge is -2.10. The molecule has 0 radical (unpaired) electrons. The Balaban J connectivity index is 1.90. The summed E-state index contributed by atoms with van der Waals surface area (Å²) in [4.78, 5) is 11.8. The number of anilines is 1. The van der Waals surface area contributed by atoms with Gasteiger partial charge in [0.25, 0.3) is 5.91 Å². The van der Waals surface area contributed by atoms with Crippen LogP contribution in [0.4, 0.5) is 10.1 Å². The van der Waals surface area contributed by atoms with Gasteiger partial charge in [-0.25, -0.2) is 4.39 Å². The standard InChI is InChI=1S/C16H15BrFNO2/c1-2-11-3-8-15(14(17)9-11)21-10-16(20)19-13-6-4-12(18)5-7-13/h3-9H,2,10H2,1H3,(H,19,20). The van der Waals surface area contributed by atoms with Crippen LogP contribution in [0.5, 0.6) is 5.75 Å². The number of rotatable bonds is 5. The molecule has 0 unspecified atom stereocenters. The molecular formula is C16H15BrFNO2. The predicted octanol–water partition coefficient (Wildman–Crippen LogP) is 4.17. The predicted molar refractivity (Wildman–Crippen MR) is 84.0 cm³/mol. The zero-order valence-corrected chi connectivity index (χ0v) is 13.1. The first-order valence-electron chi connectivity index (χ1n) is 6.55. The van der Waals surface area contributed by atoms with Crippen LogP contribution in [0.1, 0.15) is 12.5 Å². The van der Waals surface area contributed by atoms with Crippen LogP contribution < -0.4 is 10.1 Å². The quantitative estimate of drug-likeness (QED) is 0.877. The molecule has 0 aliphatic carbocycles. The van der Waals surface area contributed by atoms with Crippen molar-refractivity contribution in [3.05, 3.63) is 58.3 Å². The number of hydrogen-bond acceptors (Lipinski definition) is 2. The number of aryl methyl sites for hydroxylation is 1. The largest absolute Gasteiger partial charge is 0.483 e. The number of ether oxygens (including phenoxy) is 1. The molecule has 0 heterocycles. The van der Waals surface area contributed by atoms with Crippen molar-refractivity contribution in [2.24, 2.45) is 0 Å². The molecule has 1 amide bonds. The summed E-state index contributed by atoms with van der Waals surface area (Å²) in [6.45, 7) is 1.96. The Labute approximate surface area is 131 Å². The number of carbonyl (C=O) groups is 1. The van der Waals surface area contributed by atoms with Crippen LogP contribution in [-0.4, -0.2) is 12.5 Å². The summed E-state index contributed by atoms with van der Waals surface area (Å²) in [5.41, 5.74) is 1.72. The average molecular weight is 352 g/mol. The van der Waals surface area contributed by atoms with Crippen molar-refractivity contribution in [2.75, 3.05) is 11.9 Å². The molecule has 0 aliphatic rings. The fraction of sp³-hybridized carbons (Fsp3) is 0.188. The zero-order valence-electron chi connectivity index (χ0n) is 11.5. The van der Waals surface area contributed by atoms with Crippen LogP contribution in [-0.2, 0) is 11.2 Å². The SMILES string of the molecule is CCc1ccc(OCC(=O)Nc2ccc(F)cc2)c(Br)c1. The van der Waals surface area contributed by atoms with E-state index in [-0.39, 0.29) is 18.3 Å². The molecule has 0 bridgehead atoms. The normalized spacial score (nSPS) is 10.2. The van der Waals surface area contributed by atoms with E-state index < -0.39 is 0 Å². The van der Waals surface area contributed by atoms with E-state index >= 15 is 0 Å². The van der Waals surface area contributed by atoms with E-state index in [1.54, 1.807) is 0 Å². The van der Waals surface area contributed by atoms with Gasteiger partial charge in [-0.05, 0) is 64.3 Å². The number of halogens is 2. The van der Waals surface area contributed by atoms with E-state index in [9.17, 15) is 9.18 Å². The first-order valence-corrected chi connectivity index (χ1v) is 7.34. The van der Waals surface area contributed by atoms with E-state index in [2.05, 4.69) is 28.2 Å². The smallest absolute Gasteiger partial charge is 0.262 e. The van der Waals surface area contributed by atoms with Gasteiger partial charge < -0.3 is 10.1 Å². The van der Waals surface area contributed by atoms with Crippen LogP contribution >= 0.6 is 15.9 Å². The lowest BCUT2D eigenvalue weighted by molar-refractivity contribution is -0.118. The molecule has 0 fully saturated rings. The Kier molecular flexibility index (Phi) is 5.33. The summed E-state index contributed by atoms with van der Waals surface area (Å²) in [5, 5.41) is 2.64. The molecule has 5 heteroatoms. The second-order valence-corrected chi connectivity index (χ2v) is 5.32. The van der Waals surface area contributed by atoms with Crippen LogP contribution in [0.15, 0.2) is 46.9 Å². The van der Waals surface area contributed by atoms with Gasteiger partial charge in [-0.3, -0.25) is 4.79 Å². The summed E-state index contributed by atoms with van der Waals surface area (Å²) in [5.74, 6) is -0.0290. The molecule has 0 atom stereocenters. The van der Waals surface area contributed by atoms with E-state index in [4.69, 9.17) is 4.74 Å². The summed E-state index contributed by atoms with van der Waals surface area (Å²) in [6, 6.07) is 11.3. The van der Waals surface area contributed by atoms with Gasteiger partial charge in [0.05, 0.1) is 4.47 Å². The number of carbonyl (C=O) groups excluding carboxylic acids is 1. The second-order valence-electron chi connectivity index (χ2n) is 4.46. The van der Waals surface area contributed by atoms with Crippen molar-refractivity contribution in [1.82, 2.24) is 0 Å². The molecule has 1 N–H and O–H groups in total. The third kappa shape index (κ3) is 4.56. The average Bonchev–Trinajstić information content (AvgIpc) is 2.48. The van der Waals surface area contributed by atoms with Crippen molar-refractivity contribution < 1.29 is 13.9 Å². The Hall–Kier alpha value is -1.88. The fourth-order valence-corrected chi connectivity index (χ4v) is 2.30. The Bertz CT molecular complexity index is 629. The molecule has 0 aromatic heterocycles. The number of amides is 1. The monoisotopic (exact) mass is 351 g/mol. The highest BCUT2D eigenvalue weighted by Gasteiger charge is 2.07. The fourth-order valence-electron chi connectivity index (χ4n) is 1.75. The molecule has 2 aromatic rings. The third-order valence-corrected chi connectivity index (χ3v) is 3.51. The van der Waals surface area contributed by atoms with Crippen LogP contribution in [0.25, 0.3) is 0 Å². The molecule has 3 nitrogen and oxygen atoms in total. The second kappa shape index (κ2) is 7.22. The Morgan fingerprint density at radius 2 is 1.95 bits per heavy atom. The highest BCUT2D eigenvalue weighted by atomic mass is 79.9. The maximum atomic E-state index is 12.8. The third-order valence-electron chi connectivity index (χ3n) is 2.89. The van der Waals surface area contributed by atoms with Crippen LogP contribution in [0.3, 0.4) is 0 Å². The van der Waals surface area contributed by atoms with Gasteiger partial charge in [-0.1, -0.05) is 13.0 Å². The molecular weight excluding hydrogens is 337 g/mol. The molecule has 0 aliphatic heterocycles. The highest BCUT2D eigenvalue weighted by Crippen LogP contribution is 2.26. The van der Waals surface area contributed by atoms with E-state index in [1.165, 1.54) is 29.8 Å². The topological polar surface area (TPSA) is 38.3 Å². The summed E-state index contributed by atoms with van der Waals surface area (Å²) in [7, 11) is 0. The van der Waals surface area contributed by atoms with Crippen molar-refractivity contribution in [1.29, 1.82) is 0 Å². The first kappa shape index (κ1) is 15.5. The Morgan fingerprint density at radius 3 is 2.57 bits per heavy atom. The minimum atomic E-state index is -0.343. The van der Waals surface area contributed by atoms with E-state index in [0.29, 0.717) is 11.4 Å². The molecule has 21 heavy (non-hydrogen) atoms. The molecule has 0 saturated carbocycles. The van der Waals surface area contributed by atoms with E-state index in [1.807, 2.05) is 18.2 Å². The van der Waals surface area contributed by atoms with Crippen LogP contribution in [0.2, 0.25) is 0 Å². The van der Waals surface area contributed by atoms with Gasteiger partial charge in [0.1, 0.15) is 11.6 Å². The maximum absolute atomic E-state index is 12.8. The number of nitrogens with one attached hydrogen (secondary N) is 1. The van der Waals surface area contributed by atoms with Crippen molar-refractivity contribution in [2.45, 2.75) is 13.3 Å². The van der Waals surface area contributed by atoms with Gasteiger partial charge in [0.15, 0.2) is 6.61 Å². The maximum Gasteiger partial charge on any atom is 0.262 e.